The average Bonchev–Trinajstić information content (AvgIpc) is 3.89. The first-order chi connectivity index (χ1) is 24.1. The SMILES string of the molecule is O=C(NCC1CC1)c1c(CC(=O)C2CC2)sc2c1CC(C(=O)O)CC2.O=C(NCC1CC1)c1c(CC(=O)C2CC2)sc2c1CCCC2C(=O)O. The number of rotatable bonds is 14. The highest BCUT2D eigenvalue weighted by molar-refractivity contribution is 7.13. The van der Waals surface area contributed by atoms with Crippen molar-refractivity contribution >= 4 is 58.0 Å². The Kier molecular flexibility index (Phi) is 10.3. The van der Waals surface area contributed by atoms with E-state index in [1.807, 2.05) is 0 Å². The third-order valence-electron chi connectivity index (χ3n) is 11.0. The summed E-state index contributed by atoms with van der Waals surface area (Å²) < 4.78 is 0. The van der Waals surface area contributed by atoms with Gasteiger partial charge in [-0.15, -0.1) is 22.7 Å². The summed E-state index contributed by atoms with van der Waals surface area (Å²) in [6.07, 6.45) is 12.9. The molecule has 4 saturated carbocycles. The average molecular weight is 723 g/mol. The second-order valence-electron chi connectivity index (χ2n) is 15.2. The highest BCUT2D eigenvalue weighted by atomic mass is 32.1. The van der Waals surface area contributed by atoms with Crippen LogP contribution in [0.5, 0.6) is 0 Å². The molecule has 0 radical (unpaired) electrons. The molecule has 6 aliphatic carbocycles. The Balaban J connectivity index is 0.000000157. The van der Waals surface area contributed by atoms with Crippen LogP contribution in [0.25, 0.3) is 0 Å². The summed E-state index contributed by atoms with van der Waals surface area (Å²) in [4.78, 5) is 76.8. The fourth-order valence-corrected chi connectivity index (χ4v) is 10.1. The lowest BCUT2D eigenvalue weighted by Crippen LogP contribution is -2.29. The summed E-state index contributed by atoms with van der Waals surface area (Å²) >= 11 is 2.94. The molecule has 268 valence electrons. The second kappa shape index (κ2) is 14.7. The summed E-state index contributed by atoms with van der Waals surface area (Å²) in [5.74, 6) is -0.899. The van der Waals surface area contributed by atoms with Crippen LogP contribution in [-0.2, 0) is 51.3 Å². The third kappa shape index (κ3) is 8.22. The van der Waals surface area contributed by atoms with Crippen LogP contribution in [0.4, 0.5) is 0 Å². The van der Waals surface area contributed by atoms with Gasteiger partial charge >= 0.3 is 11.9 Å². The Labute approximate surface area is 299 Å². The molecule has 0 aliphatic heterocycles. The first-order valence-corrected chi connectivity index (χ1v) is 20.1. The number of fused-ring (bicyclic) bond motifs is 2. The number of thiophene rings is 2. The molecule has 0 bridgehead atoms. The molecule has 50 heavy (non-hydrogen) atoms. The number of nitrogens with one attached hydrogen (secondary N) is 2. The van der Waals surface area contributed by atoms with Gasteiger partial charge in [0, 0.05) is 57.3 Å². The number of carboxylic acid groups (broad SMARTS) is 2. The number of aryl methyl sites for hydroxylation is 1. The molecule has 0 saturated heterocycles. The van der Waals surface area contributed by atoms with E-state index in [2.05, 4.69) is 10.6 Å². The topological polar surface area (TPSA) is 167 Å². The van der Waals surface area contributed by atoms with E-state index in [4.69, 9.17) is 0 Å². The first kappa shape index (κ1) is 35.0. The Hall–Kier alpha value is -3.38. The van der Waals surface area contributed by atoms with Crippen molar-refractivity contribution in [3.63, 3.8) is 0 Å². The van der Waals surface area contributed by atoms with Crippen molar-refractivity contribution in [2.24, 2.45) is 29.6 Å². The molecular formula is C38H46N2O8S2. The molecular weight excluding hydrogens is 677 g/mol. The third-order valence-corrected chi connectivity index (χ3v) is 13.7. The van der Waals surface area contributed by atoms with Gasteiger partial charge in [-0.2, -0.15) is 0 Å². The molecule has 4 N–H and O–H groups in total. The van der Waals surface area contributed by atoms with Crippen molar-refractivity contribution < 1.29 is 39.0 Å². The maximum Gasteiger partial charge on any atom is 0.311 e. The lowest BCUT2D eigenvalue weighted by atomic mass is 9.85. The zero-order valence-electron chi connectivity index (χ0n) is 28.4. The Morgan fingerprint density at radius 3 is 1.64 bits per heavy atom. The van der Waals surface area contributed by atoms with E-state index in [1.165, 1.54) is 11.3 Å². The molecule has 2 unspecified atom stereocenters. The number of hydrogen-bond acceptors (Lipinski definition) is 8. The molecule has 0 spiro atoms. The molecule has 12 heteroatoms. The maximum absolute atomic E-state index is 12.8. The molecule has 10 nitrogen and oxygen atoms in total. The van der Waals surface area contributed by atoms with Crippen molar-refractivity contribution in [1.29, 1.82) is 0 Å². The minimum atomic E-state index is -0.827. The molecule has 4 fully saturated rings. The number of hydrogen-bond donors (Lipinski definition) is 4. The summed E-state index contributed by atoms with van der Waals surface area (Å²) in [7, 11) is 0. The van der Waals surface area contributed by atoms with Gasteiger partial charge in [-0.05, 0) is 113 Å². The van der Waals surface area contributed by atoms with Gasteiger partial charge in [0.05, 0.1) is 23.0 Å². The highest BCUT2D eigenvalue weighted by Gasteiger charge is 2.38. The van der Waals surface area contributed by atoms with Crippen LogP contribution in [0.1, 0.15) is 128 Å². The van der Waals surface area contributed by atoms with Gasteiger partial charge < -0.3 is 20.8 Å². The van der Waals surface area contributed by atoms with Crippen molar-refractivity contribution in [3.05, 3.63) is 41.8 Å². The van der Waals surface area contributed by atoms with Gasteiger partial charge in [0.1, 0.15) is 11.6 Å². The van der Waals surface area contributed by atoms with Crippen molar-refractivity contribution in [2.45, 2.75) is 109 Å². The van der Waals surface area contributed by atoms with E-state index >= 15 is 0 Å². The minimum Gasteiger partial charge on any atom is -0.481 e. The van der Waals surface area contributed by atoms with Crippen molar-refractivity contribution in [1.82, 2.24) is 10.6 Å². The van der Waals surface area contributed by atoms with Crippen LogP contribution in [0.2, 0.25) is 0 Å². The fourth-order valence-electron chi connectivity index (χ4n) is 7.25. The summed E-state index contributed by atoms with van der Waals surface area (Å²) in [6, 6.07) is 0. The molecule has 8 rings (SSSR count). The first-order valence-electron chi connectivity index (χ1n) is 18.4. The standard InChI is InChI=1S/2C19H23NO4S/c21-14(11-3-4-11)8-16-17(18(22)20-9-10-1-2-10)13-7-12(19(23)24)5-6-15(13)25-16;21-14(11-6-7-11)8-15-16(18(22)20-9-10-4-5-10)12-2-1-3-13(19(23)24)17(12)25-15/h10-12H,1-9H2,(H,20,22)(H,23,24);10-11,13H,1-9H2,(H,20,22)(H,23,24). The maximum atomic E-state index is 12.8. The number of aliphatic carboxylic acids is 2. The number of carbonyl (C=O) groups is 6. The van der Waals surface area contributed by atoms with Crippen molar-refractivity contribution in [2.75, 3.05) is 13.1 Å². The van der Waals surface area contributed by atoms with Gasteiger partial charge in [0.2, 0.25) is 0 Å². The molecule has 2 aromatic heterocycles. The zero-order chi connectivity index (χ0) is 35.1. The van der Waals surface area contributed by atoms with Gasteiger partial charge in [0.25, 0.3) is 11.8 Å². The van der Waals surface area contributed by atoms with Crippen LogP contribution in [-0.4, -0.2) is 58.6 Å². The fraction of sp³-hybridized carbons (Fsp3) is 0.632. The van der Waals surface area contributed by atoms with Crippen LogP contribution < -0.4 is 10.6 Å². The van der Waals surface area contributed by atoms with E-state index < -0.39 is 23.8 Å². The summed E-state index contributed by atoms with van der Waals surface area (Å²) in [5, 5.41) is 24.9. The number of carbonyl (C=O) groups excluding carboxylic acids is 4. The Morgan fingerprint density at radius 2 is 1.14 bits per heavy atom. The van der Waals surface area contributed by atoms with Gasteiger partial charge in [-0.25, -0.2) is 0 Å². The van der Waals surface area contributed by atoms with Crippen molar-refractivity contribution in [3.8, 4) is 0 Å². The molecule has 2 amide bonds. The second-order valence-corrected chi connectivity index (χ2v) is 17.6. The van der Waals surface area contributed by atoms with E-state index in [0.29, 0.717) is 68.2 Å². The van der Waals surface area contributed by atoms with E-state index in [1.54, 1.807) is 11.3 Å². The lowest BCUT2D eigenvalue weighted by molar-refractivity contribution is -0.142. The Morgan fingerprint density at radius 1 is 0.600 bits per heavy atom. The zero-order valence-corrected chi connectivity index (χ0v) is 30.0. The van der Waals surface area contributed by atoms with E-state index in [0.717, 1.165) is 94.8 Å². The molecule has 6 aliphatic rings. The predicted molar refractivity (Wildman–Crippen MR) is 188 cm³/mol. The lowest BCUT2D eigenvalue weighted by Gasteiger charge is -2.19. The molecule has 2 heterocycles. The van der Waals surface area contributed by atoms with Gasteiger partial charge in [-0.3, -0.25) is 28.8 Å². The van der Waals surface area contributed by atoms with Crippen LogP contribution in [0.3, 0.4) is 0 Å². The molecule has 2 atom stereocenters. The normalized spacial score (nSPS) is 22.3. The quantitative estimate of drug-likeness (QED) is 0.198. The summed E-state index contributed by atoms with van der Waals surface area (Å²) in [6.45, 7) is 1.36. The van der Waals surface area contributed by atoms with E-state index in [-0.39, 0.29) is 41.6 Å². The van der Waals surface area contributed by atoms with Gasteiger partial charge in [0.15, 0.2) is 0 Å². The number of carboxylic acids is 2. The Bertz CT molecular complexity index is 1710. The molecule has 2 aromatic rings. The number of amides is 2. The largest absolute Gasteiger partial charge is 0.481 e. The molecule has 0 aromatic carbocycles. The minimum absolute atomic E-state index is 0.117. The summed E-state index contributed by atoms with van der Waals surface area (Å²) in [5.41, 5.74) is 2.99. The van der Waals surface area contributed by atoms with Gasteiger partial charge in [-0.1, -0.05) is 0 Å². The van der Waals surface area contributed by atoms with Crippen LogP contribution >= 0.6 is 22.7 Å². The van der Waals surface area contributed by atoms with E-state index in [9.17, 15) is 39.0 Å². The monoisotopic (exact) mass is 722 g/mol. The highest BCUT2D eigenvalue weighted by Crippen LogP contribution is 2.43. The van der Waals surface area contributed by atoms with Crippen LogP contribution in [0.15, 0.2) is 0 Å². The predicted octanol–water partition coefficient (Wildman–Crippen LogP) is 5.51. The number of Topliss-reactive ketones (excluding diaryl/α,β-unsaturated/α-hetero) is 2. The van der Waals surface area contributed by atoms with Crippen LogP contribution in [0, 0.1) is 29.6 Å². The number of ketones is 2. The smallest absolute Gasteiger partial charge is 0.311 e.